The number of nitrogens with one attached hydrogen (secondary N) is 1. The predicted octanol–water partition coefficient (Wildman–Crippen LogP) is 7.06. The number of rotatable bonds is 13. The second-order valence-electron chi connectivity index (χ2n) is 10.6. The highest BCUT2D eigenvalue weighted by Crippen LogP contribution is 2.30. The van der Waals surface area contributed by atoms with Crippen LogP contribution < -0.4 is 5.32 Å². The first-order valence-electron chi connectivity index (χ1n) is 14.4. The highest BCUT2D eigenvalue weighted by Gasteiger charge is 2.24. The van der Waals surface area contributed by atoms with Gasteiger partial charge in [0.2, 0.25) is 0 Å². The van der Waals surface area contributed by atoms with Gasteiger partial charge in [-0.25, -0.2) is 14.6 Å². The van der Waals surface area contributed by atoms with Gasteiger partial charge in [-0.1, -0.05) is 55.8 Å². The monoisotopic (exact) mass is 551 g/mol. The van der Waals surface area contributed by atoms with Gasteiger partial charge < -0.3 is 14.8 Å². The molecular formula is C34H37N3O4. The number of nitrogens with zero attached hydrogens (tertiary/aromatic N) is 2. The third-order valence-electron chi connectivity index (χ3n) is 7.30. The Bertz CT molecular complexity index is 1490. The Kier molecular flexibility index (Phi) is 9.14. The lowest BCUT2D eigenvalue weighted by molar-refractivity contribution is 0.0468. The van der Waals surface area contributed by atoms with E-state index in [9.17, 15) is 9.59 Å². The summed E-state index contributed by atoms with van der Waals surface area (Å²) in [5.74, 6) is 0.814. The predicted molar refractivity (Wildman–Crippen MR) is 159 cm³/mol. The van der Waals surface area contributed by atoms with Crippen LogP contribution in [0.4, 0.5) is 5.69 Å². The lowest BCUT2D eigenvalue weighted by atomic mass is 10.1. The zero-order chi connectivity index (χ0) is 28.6. The van der Waals surface area contributed by atoms with Crippen molar-refractivity contribution in [2.75, 3.05) is 11.9 Å². The van der Waals surface area contributed by atoms with Crippen LogP contribution in [0, 0.1) is 12.8 Å². The van der Waals surface area contributed by atoms with Gasteiger partial charge in [0.15, 0.2) is 0 Å². The quantitative estimate of drug-likeness (QED) is 0.179. The molecule has 41 heavy (non-hydrogen) atoms. The zero-order valence-electron chi connectivity index (χ0n) is 23.8. The van der Waals surface area contributed by atoms with E-state index in [1.165, 1.54) is 0 Å². The van der Waals surface area contributed by atoms with Crippen molar-refractivity contribution in [2.24, 2.45) is 5.92 Å². The van der Waals surface area contributed by atoms with Crippen molar-refractivity contribution in [2.45, 2.75) is 59.1 Å². The van der Waals surface area contributed by atoms with Crippen molar-refractivity contribution in [3.8, 4) is 5.69 Å². The van der Waals surface area contributed by atoms with Crippen molar-refractivity contribution in [1.82, 2.24) is 9.55 Å². The number of esters is 2. The van der Waals surface area contributed by atoms with Crippen molar-refractivity contribution >= 4 is 17.6 Å². The first-order valence-corrected chi connectivity index (χ1v) is 14.4. The summed E-state index contributed by atoms with van der Waals surface area (Å²) in [5, 5.41) is 3.44. The van der Waals surface area contributed by atoms with E-state index in [-0.39, 0.29) is 18.5 Å². The van der Waals surface area contributed by atoms with Crippen LogP contribution in [0.2, 0.25) is 0 Å². The fourth-order valence-electron chi connectivity index (χ4n) is 4.76. The summed E-state index contributed by atoms with van der Waals surface area (Å²) >= 11 is 0. The van der Waals surface area contributed by atoms with Crippen LogP contribution in [-0.2, 0) is 29.0 Å². The minimum absolute atomic E-state index is 0.231. The summed E-state index contributed by atoms with van der Waals surface area (Å²) in [5.41, 5.74) is 5.57. The molecule has 1 aliphatic rings. The number of hydrogen-bond donors (Lipinski definition) is 1. The molecule has 212 valence electrons. The van der Waals surface area contributed by atoms with E-state index in [4.69, 9.17) is 14.5 Å². The van der Waals surface area contributed by atoms with Gasteiger partial charge in [0.05, 0.1) is 41.9 Å². The lowest BCUT2D eigenvalue weighted by Crippen LogP contribution is -2.14. The summed E-state index contributed by atoms with van der Waals surface area (Å²) in [7, 11) is 0. The SMILES string of the molecule is CCCCc1ncc(CNc2ccccc2C(=O)OCC2CC2)n1-c1ccc(C(=O)OCc2ccccc2)cc1C. The Morgan fingerprint density at radius 1 is 0.976 bits per heavy atom. The second-order valence-corrected chi connectivity index (χ2v) is 10.6. The highest BCUT2D eigenvalue weighted by molar-refractivity contribution is 5.95. The van der Waals surface area contributed by atoms with E-state index in [0.29, 0.717) is 30.2 Å². The zero-order valence-corrected chi connectivity index (χ0v) is 23.8. The molecule has 7 nitrogen and oxygen atoms in total. The minimum atomic E-state index is -0.354. The van der Waals surface area contributed by atoms with E-state index in [1.807, 2.05) is 79.9 Å². The van der Waals surface area contributed by atoms with Crippen LogP contribution in [0.5, 0.6) is 0 Å². The number of unbranched alkanes of at least 4 members (excludes halogenated alkanes) is 1. The topological polar surface area (TPSA) is 82.5 Å². The smallest absolute Gasteiger partial charge is 0.340 e. The number of aromatic nitrogens is 2. The van der Waals surface area contributed by atoms with Crippen molar-refractivity contribution < 1.29 is 19.1 Å². The van der Waals surface area contributed by atoms with Crippen LogP contribution in [0.25, 0.3) is 5.69 Å². The third kappa shape index (κ3) is 7.23. The number of benzene rings is 3. The molecule has 0 saturated heterocycles. The second kappa shape index (κ2) is 13.3. The molecule has 0 radical (unpaired) electrons. The molecule has 0 atom stereocenters. The molecule has 4 aromatic rings. The number of hydrogen-bond acceptors (Lipinski definition) is 6. The number of aryl methyl sites for hydroxylation is 2. The molecule has 1 aliphatic carbocycles. The average Bonchev–Trinajstić information content (AvgIpc) is 3.75. The van der Waals surface area contributed by atoms with E-state index in [1.54, 1.807) is 6.07 Å². The minimum Gasteiger partial charge on any atom is -0.462 e. The van der Waals surface area contributed by atoms with Crippen LogP contribution in [0.3, 0.4) is 0 Å². The average molecular weight is 552 g/mol. The van der Waals surface area contributed by atoms with Gasteiger partial charge in [-0.3, -0.25) is 4.57 Å². The number of imidazole rings is 1. The summed E-state index contributed by atoms with van der Waals surface area (Å²) in [6, 6.07) is 22.7. The largest absolute Gasteiger partial charge is 0.462 e. The van der Waals surface area contributed by atoms with Gasteiger partial charge in [-0.15, -0.1) is 0 Å². The maximum atomic E-state index is 12.8. The summed E-state index contributed by atoms with van der Waals surface area (Å²) in [4.78, 5) is 30.3. The molecule has 0 spiro atoms. The molecule has 1 aromatic heterocycles. The lowest BCUT2D eigenvalue weighted by Gasteiger charge is -2.17. The maximum Gasteiger partial charge on any atom is 0.340 e. The number of anilines is 1. The first-order chi connectivity index (χ1) is 20.0. The molecular weight excluding hydrogens is 514 g/mol. The fourth-order valence-corrected chi connectivity index (χ4v) is 4.76. The third-order valence-corrected chi connectivity index (χ3v) is 7.30. The fraction of sp³-hybridized carbons (Fsp3) is 0.324. The standard InChI is InChI=1S/C34H37N3O4/c1-3-4-14-32-36-21-28(20-35-30-13-9-8-12-29(30)34(39)41-23-26-15-16-26)37(32)31-18-17-27(19-24(31)2)33(38)40-22-25-10-6-5-7-11-25/h5-13,17-19,21,26,35H,3-4,14-16,20,22-23H2,1-2H3. The molecule has 1 N–H and O–H groups in total. The Labute approximate surface area is 241 Å². The van der Waals surface area contributed by atoms with Gasteiger partial charge in [-0.05, 0) is 73.6 Å². The van der Waals surface area contributed by atoms with E-state index >= 15 is 0 Å². The molecule has 0 bridgehead atoms. The van der Waals surface area contributed by atoms with Crippen molar-refractivity contribution in [3.63, 3.8) is 0 Å². The Balaban J connectivity index is 1.34. The number of para-hydroxylation sites is 1. The van der Waals surface area contributed by atoms with Crippen LogP contribution in [0.15, 0.2) is 79.0 Å². The van der Waals surface area contributed by atoms with Crippen molar-refractivity contribution in [3.05, 3.63) is 113 Å². The summed E-state index contributed by atoms with van der Waals surface area (Å²) < 4.78 is 13.2. The molecule has 1 saturated carbocycles. The van der Waals surface area contributed by atoms with Crippen molar-refractivity contribution in [1.29, 1.82) is 0 Å². The van der Waals surface area contributed by atoms with Gasteiger partial charge in [0.1, 0.15) is 12.4 Å². The molecule has 1 fully saturated rings. The maximum absolute atomic E-state index is 12.8. The molecule has 0 aliphatic heterocycles. The molecule has 7 heteroatoms. The van der Waals surface area contributed by atoms with E-state index in [0.717, 1.165) is 66.1 Å². The number of ether oxygens (including phenoxy) is 2. The summed E-state index contributed by atoms with van der Waals surface area (Å²) in [6.07, 6.45) is 7.05. The van der Waals surface area contributed by atoms with Crippen LogP contribution in [-0.4, -0.2) is 28.1 Å². The molecule has 0 amide bonds. The van der Waals surface area contributed by atoms with Crippen LogP contribution >= 0.6 is 0 Å². The van der Waals surface area contributed by atoms with Gasteiger partial charge in [0, 0.05) is 12.1 Å². The Morgan fingerprint density at radius 3 is 2.51 bits per heavy atom. The number of carbonyl (C=O) groups is 2. The van der Waals surface area contributed by atoms with E-state index in [2.05, 4.69) is 16.8 Å². The molecule has 5 rings (SSSR count). The Morgan fingerprint density at radius 2 is 1.76 bits per heavy atom. The normalized spacial score (nSPS) is 12.6. The first kappa shape index (κ1) is 28.1. The van der Waals surface area contributed by atoms with Gasteiger partial charge in [-0.2, -0.15) is 0 Å². The number of carbonyl (C=O) groups excluding carboxylic acids is 2. The summed E-state index contributed by atoms with van der Waals surface area (Å²) in [6.45, 7) is 5.34. The molecule has 0 unspecified atom stereocenters. The molecule has 1 heterocycles. The molecule has 3 aromatic carbocycles. The highest BCUT2D eigenvalue weighted by atomic mass is 16.5. The van der Waals surface area contributed by atoms with Crippen LogP contribution in [0.1, 0.15) is 76.0 Å². The Hall–Kier alpha value is -4.39. The van der Waals surface area contributed by atoms with Gasteiger partial charge in [0.25, 0.3) is 0 Å². The van der Waals surface area contributed by atoms with Gasteiger partial charge >= 0.3 is 11.9 Å². The van der Waals surface area contributed by atoms with E-state index < -0.39 is 0 Å².